The first kappa shape index (κ1) is 13.5. The Kier molecular flexibility index (Phi) is 5.17. The van der Waals surface area contributed by atoms with Crippen LogP contribution >= 0.6 is 0 Å². The number of hydrogen-bond acceptors (Lipinski definition) is 3. The summed E-state index contributed by atoms with van der Waals surface area (Å²) in [5.74, 6) is 0.588. The number of hydrogen-bond donors (Lipinski definition) is 2. The Bertz CT molecular complexity index is 367. The summed E-state index contributed by atoms with van der Waals surface area (Å²) in [5.41, 5.74) is 2.98. The second-order valence-electron chi connectivity index (χ2n) is 5.06. The summed E-state index contributed by atoms with van der Waals surface area (Å²) in [6.07, 6.45) is 3.31. The molecule has 2 rings (SSSR count). The molecule has 3 heteroatoms. The molecule has 0 aliphatic heterocycles. The topological polar surface area (TPSA) is 41.5 Å². The first-order valence-electron chi connectivity index (χ1n) is 6.76. The molecule has 3 nitrogen and oxygen atoms in total. The highest BCUT2D eigenvalue weighted by Gasteiger charge is 2.19. The highest BCUT2D eigenvalue weighted by atomic mass is 16.5. The lowest BCUT2D eigenvalue weighted by Crippen LogP contribution is -2.33. The highest BCUT2D eigenvalue weighted by Crippen LogP contribution is 2.30. The Hall–Kier alpha value is -0.900. The van der Waals surface area contributed by atoms with E-state index in [4.69, 9.17) is 4.74 Å². The van der Waals surface area contributed by atoms with Gasteiger partial charge in [0.15, 0.2) is 0 Å². The third kappa shape index (κ3) is 3.55. The third-order valence-electron chi connectivity index (χ3n) is 3.62. The van der Waals surface area contributed by atoms with Crippen LogP contribution in [-0.4, -0.2) is 38.0 Å². The number of nitrogens with one attached hydrogen (secondary N) is 1. The summed E-state index contributed by atoms with van der Waals surface area (Å²) < 4.78 is 4.91. The van der Waals surface area contributed by atoms with E-state index in [0.717, 1.165) is 6.54 Å². The van der Waals surface area contributed by atoms with Crippen molar-refractivity contribution >= 4 is 0 Å². The Balaban J connectivity index is 1.84. The van der Waals surface area contributed by atoms with E-state index in [1.165, 1.54) is 30.4 Å². The van der Waals surface area contributed by atoms with Gasteiger partial charge in [-0.1, -0.05) is 24.3 Å². The summed E-state index contributed by atoms with van der Waals surface area (Å²) in [4.78, 5) is 0. The minimum Gasteiger partial charge on any atom is -0.389 e. The van der Waals surface area contributed by atoms with E-state index in [1.807, 2.05) is 0 Å². The Morgan fingerprint density at radius 3 is 3.11 bits per heavy atom. The quantitative estimate of drug-likeness (QED) is 0.806. The van der Waals surface area contributed by atoms with Crippen molar-refractivity contribution in [2.75, 3.05) is 26.8 Å². The number of methoxy groups -OCH3 is 1. The zero-order valence-corrected chi connectivity index (χ0v) is 11.1. The molecule has 1 aromatic rings. The van der Waals surface area contributed by atoms with E-state index < -0.39 is 6.10 Å². The predicted molar refractivity (Wildman–Crippen MR) is 72.9 cm³/mol. The van der Waals surface area contributed by atoms with E-state index >= 15 is 0 Å². The van der Waals surface area contributed by atoms with Crippen LogP contribution < -0.4 is 5.32 Å². The van der Waals surface area contributed by atoms with Crippen LogP contribution in [0, 0.1) is 0 Å². The van der Waals surface area contributed by atoms with Gasteiger partial charge in [0.1, 0.15) is 0 Å². The first-order valence-corrected chi connectivity index (χ1v) is 6.76. The van der Waals surface area contributed by atoms with Gasteiger partial charge in [0, 0.05) is 20.2 Å². The minimum atomic E-state index is -0.408. The molecule has 0 bridgehead atoms. The van der Waals surface area contributed by atoms with Crippen LogP contribution in [0.15, 0.2) is 24.3 Å². The number of fused-ring (bicyclic) bond motifs is 1. The van der Waals surface area contributed by atoms with Gasteiger partial charge in [-0.25, -0.2) is 0 Å². The molecular formula is C15H23NO2. The maximum absolute atomic E-state index is 9.59. The molecule has 2 atom stereocenters. The molecule has 0 fully saturated rings. The van der Waals surface area contributed by atoms with Gasteiger partial charge in [0.05, 0.1) is 12.7 Å². The molecule has 1 aliphatic carbocycles. The fourth-order valence-electron chi connectivity index (χ4n) is 2.74. The number of rotatable bonds is 6. The fraction of sp³-hybridized carbons (Fsp3) is 0.600. The minimum absolute atomic E-state index is 0.397. The van der Waals surface area contributed by atoms with Crippen LogP contribution in [0.5, 0.6) is 0 Å². The predicted octanol–water partition coefficient (Wildman–Crippen LogP) is 1.70. The van der Waals surface area contributed by atoms with E-state index in [0.29, 0.717) is 19.1 Å². The Morgan fingerprint density at radius 1 is 1.44 bits per heavy atom. The number of benzene rings is 1. The summed E-state index contributed by atoms with van der Waals surface area (Å²) in [6, 6.07) is 8.72. The van der Waals surface area contributed by atoms with Crippen LogP contribution in [0.3, 0.4) is 0 Å². The molecule has 1 aliphatic rings. The van der Waals surface area contributed by atoms with Crippen LogP contribution in [0.1, 0.15) is 29.9 Å². The van der Waals surface area contributed by atoms with Gasteiger partial charge in [-0.3, -0.25) is 0 Å². The van der Waals surface area contributed by atoms with Crippen LogP contribution in [0.25, 0.3) is 0 Å². The van der Waals surface area contributed by atoms with Crippen LogP contribution in [0.4, 0.5) is 0 Å². The van der Waals surface area contributed by atoms with Gasteiger partial charge in [-0.05, 0) is 36.3 Å². The lowest BCUT2D eigenvalue weighted by Gasteiger charge is -2.26. The molecule has 100 valence electrons. The van der Waals surface area contributed by atoms with E-state index in [9.17, 15) is 5.11 Å². The standard InChI is InChI=1S/C15H23NO2/c1-18-11-14(17)10-16-9-13-7-4-6-12-5-2-3-8-15(12)13/h2-3,5,8,13-14,16-17H,4,6-7,9-11H2,1H3. The van der Waals surface area contributed by atoms with Crippen LogP contribution in [0.2, 0.25) is 0 Å². The molecule has 0 heterocycles. The van der Waals surface area contributed by atoms with Crippen LogP contribution in [-0.2, 0) is 11.2 Å². The van der Waals surface area contributed by atoms with Gasteiger partial charge in [0.25, 0.3) is 0 Å². The van der Waals surface area contributed by atoms with Gasteiger partial charge < -0.3 is 15.2 Å². The van der Waals surface area contributed by atoms with Crippen molar-refractivity contribution in [3.05, 3.63) is 35.4 Å². The largest absolute Gasteiger partial charge is 0.389 e. The second kappa shape index (κ2) is 6.88. The summed E-state index contributed by atoms with van der Waals surface area (Å²) in [6.45, 7) is 1.94. The third-order valence-corrected chi connectivity index (χ3v) is 3.62. The molecular weight excluding hydrogens is 226 g/mol. The smallest absolute Gasteiger partial charge is 0.0897 e. The van der Waals surface area contributed by atoms with Gasteiger partial charge in [0.2, 0.25) is 0 Å². The van der Waals surface area contributed by atoms with Crippen molar-refractivity contribution in [3.8, 4) is 0 Å². The van der Waals surface area contributed by atoms with Crippen molar-refractivity contribution in [2.24, 2.45) is 0 Å². The molecule has 0 aromatic heterocycles. The van der Waals surface area contributed by atoms with Gasteiger partial charge >= 0.3 is 0 Å². The Morgan fingerprint density at radius 2 is 2.28 bits per heavy atom. The summed E-state index contributed by atoms with van der Waals surface area (Å²) in [5, 5.41) is 12.9. The summed E-state index contributed by atoms with van der Waals surface area (Å²) >= 11 is 0. The maximum Gasteiger partial charge on any atom is 0.0897 e. The molecule has 0 saturated carbocycles. The maximum atomic E-state index is 9.59. The number of ether oxygens (including phenoxy) is 1. The lowest BCUT2D eigenvalue weighted by molar-refractivity contribution is 0.0644. The van der Waals surface area contributed by atoms with Crippen molar-refractivity contribution in [2.45, 2.75) is 31.3 Å². The van der Waals surface area contributed by atoms with Crippen molar-refractivity contribution in [1.29, 1.82) is 0 Å². The van der Waals surface area contributed by atoms with E-state index in [1.54, 1.807) is 7.11 Å². The second-order valence-corrected chi connectivity index (χ2v) is 5.06. The number of aryl methyl sites for hydroxylation is 1. The van der Waals surface area contributed by atoms with Crippen molar-refractivity contribution in [1.82, 2.24) is 5.32 Å². The molecule has 2 N–H and O–H groups in total. The molecule has 18 heavy (non-hydrogen) atoms. The average Bonchev–Trinajstić information content (AvgIpc) is 2.39. The number of aliphatic hydroxyl groups excluding tert-OH is 1. The van der Waals surface area contributed by atoms with E-state index in [-0.39, 0.29) is 0 Å². The zero-order valence-electron chi connectivity index (χ0n) is 11.1. The van der Waals surface area contributed by atoms with Crippen molar-refractivity contribution < 1.29 is 9.84 Å². The first-order chi connectivity index (χ1) is 8.81. The van der Waals surface area contributed by atoms with E-state index in [2.05, 4.69) is 29.6 Å². The molecule has 0 saturated heterocycles. The monoisotopic (exact) mass is 249 g/mol. The molecule has 0 spiro atoms. The summed E-state index contributed by atoms with van der Waals surface area (Å²) in [7, 11) is 1.61. The number of aliphatic hydroxyl groups is 1. The van der Waals surface area contributed by atoms with Crippen molar-refractivity contribution in [3.63, 3.8) is 0 Å². The normalized spacial score (nSPS) is 20.4. The van der Waals surface area contributed by atoms with Gasteiger partial charge in [-0.15, -0.1) is 0 Å². The highest BCUT2D eigenvalue weighted by molar-refractivity contribution is 5.32. The lowest BCUT2D eigenvalue weighted by atomic mass is 9.83. The molecule has 0 radical (unpaired) electrons. The average molecular weight is 249 g/mol. The SMILES string of the molecule is COCC(O)CNCC1CCCc2ccccc21. The molecule has 1 aromatic carbocycles. The van der Waals surface area contributed by atoms with Gasteiger partial charge in [-0.2, -0.15) is 0 Å². The zero-order chi connectivity index (χ0) is 12.8. The Labute approximate surface area is 109 Å². The molecule has 0 amide bonds. The fourth-order valence-corrected chi connectivity index (χ4v) is 2.74. The molecule has 2 unspecified atom stereocenters.